The lowest BCUT2D eigenvalue weighted by atomic mass is 9.90. The summed E-state index contributed by atoms with van der Waals surface area (Å²) in [6.07, 6.45) is 1.30. The number of benzene rings is 2. The molecule has 0 atom stereocenters. The molecule has 0 saturated carbocycles. The van der Waals surface area contributed by atoms with Gasteiger partial charge in [-0.2, -0.15) is 5.10 Å². The quantitative estimate of drug-likeness (QED) is 0.335. The van der Waals surface area contributed by atoms with Crippen molar-refractivity contribution in [2.24, 2.45) is 7.05 Å². The summed E-state index contributed by atoms with van der Waals surface area (Å²) >= 11 is 0. The Morgan fingerprint density at radius 2 is 1.53 bits per heavy atom. The van der Waals surface area contributed by atoms with Crippen molar-refractivity contribution in [1.29, 1.82) is 0 Å². The van der Waals surface area contributed by atoms with Crippen molar-refractivity contribution in [3.63, 3.8) is 0 Å². The molecule has 2 aromatic carbocycles. The number of ether oxygens (including phenoxy) is 2. The van der Waals surface area contributed by atoms with E-state index in [1.165, 1.54) is 18.8 Å². The summed E-state index contributed by atoms with van der Waals surface area (Å²) in [5, 5.41) is 4.31. The number of methoxy groups -OCH3 is 1. The Morgan fingerprint density at radius 1 is 0.941 bits per heavy atom. The number of aryl methyl sites for hydroxylation is 5. The van der Waals surface area contributed by atoms with Crippen molar-refractivity contribution < 1.29 is 17.9 Å². The van der Waals surface area contributed by atoms with Gasteiger partial charge in [0, 0.05) is 14.2 Å². The molecule has 34 heavy (non-hydrogen) atoms. The van der Waals surface area contributed by atoms with Crippen LogP contribution in [0.4, 0.5) is 0 Å². The molecular weight excluding hydrogens is 452 g/mol. The number of sulfone groups is 1. The maximum atomic E-state index is 14.0. The number of hydrogen-bond acceptors (Lipinski definition) is 6. The van der Waals surface area contributed by atoms with Crippen LogP contribution in [0.15, 0.2) is 51.0 Å². The summed E-state index contributed by atoms with van der Waals surface area (Å²) in [4.78, 5) is 13.6. The molecule has 0 aliphatic carbocycles. The van der Waals surface area contributed by atoms with E-state index in [2.05, 4.69) is 5.10 Å². The van der Waals surface area contributed by atoms with Crippen molar-refractivity contribution in [1.82, 2.24) is 9.78 Å². The molecule has 7 nitrogen and oxygen atoms in total. The average molecular weight is 485 g/mol. The zero-order valence-corrected chi connectivity index (χ0v) is 21.5. The van der Waals surface area contributed by atoms with Gasteiger partial charge in [-0.1, -0.05) is 49.2 Å². The molecule has 3 rings (SSSR count). The molecule has 0 bridgehead atoms. The maximum absolute atomic E-state index is 14.0. The Hall–Kier alpha value is -2.81. The number of rotatable bonds is 9. The van der Waals surface area contributed by atoms with Gasteiger partial charge < -0.3 is 9.47 Å². The van der Waals surface area contributed by atoms with E-state index in [9.17, 15) is 13.2 Å². The van der Waals surface area contributed by atoms with Gasteiger partial charge in [-0.15, -0.1) is 0 Å². The first-order valence-electron chi connectivity index (χ1n) is 11.3. The van der Waals surface area contributed by atoms with E-state index >= 15 is 0 Å². The monoisotopic (exact) mass is 484 g/mol. The molecule has 1 heterocycles. The SMILES string of the molecule is CCc1cc(C)cc(CC)c1-c1c(S(=O)(=O)c2ccc(C)cc2)c(COCOC)nn(C)c1=O. The lowest BCUT2D eigenvalue weighted by Crippen LogP contribution is -2.28. The highest BCUT2D eigenvalue weighted by Gasteiger charge is 2.32. The van der Waals surface area contributed by atoms with Crippen LogP contribution in [0.25, 0.3) is 11.1 Å². The maximum Gasteiger partial charge on any atom is 0.275 e. The molecule has 1 aromatic heterocycles. The number of nitrogens with zero attached hydrogens (tertiary/aromatic N) is 2. The molecule has 0 unspecified atom stereocenters. The Kier molecular flexibility index (Phi) is 8.07. The van der Waals surface area contributed by atoms with Crippen molar-refractivity contribution in [3.05, 3.63) is 74.7 Å². The van der Waals surface area contributed by atoms with Gasteiger partial charge in [0.2, 0.25) is 9.84 Å². The Balaban J connectivity index is 2.48. The minimum absolute atomic E-state index is 0.0329. The van der Waals surface area contributed by atoms with E-state index < -0.39 is 15.4 Å². The number of aromatic nitrogens is 2. The van der Waals surface area contributed by atoms with Crippen molar-refractivity contribution in [2.75, 3.05) is 13.9 Å². The molecule has 0 N–H and O–H groups in total. The summed E-state index contributed by atoms with van der Waals surface area (Å²) < 4.78 is 39.8. The van der Waals surface area contributed by atoms with Gasteiger partial charge in [-0.05, 0) is 55.5 Å². The van der Waals surface area contributed by atoms with Crippen LogP contribution in [0.2, 0.25) is 0 Å². The Morgan fingerprint density at radius 3 is 2.06 bits per heavy atom. The molecule has 0 aliphatic rings. The van der Waals surface area contributed by atoms with Crippen LogP contribution in [0, 0.1) is 13.8 Å². The lowest BCUT2D eigenvalue weighted by molar-refractivity contribution is -0.0412. The van der Waals surface area contributed by atoms with E-state index in [-0.39, 0.29) is 34.4 Å². The Labute approximate surface area is 201 Å². The standard InChI is InChI=1S/C26H32N2O5S/c1-7-19-13-18(4)14-20(8-2)23(19)24-25(34(30,31)21-11-9-17(3)10-12-21)22(15-33-16-32-6)27-28(5)26(24)29/h9-14H,7-8,15-16H2,1-6H3. The average Bonchev–Trinajstić information content (AvgIpc) is 2.80. The van der Waals surface area contributed by atoms with E-state index in [4.69, 9.17) is 9.47 Å². The first kappa shape index (κ1) is 25.8. The fourth-order valence-corrected chi connectivity index (χ4v) is 5.76. The summed E-state index contributed by atoms with van der Waals surface area (Å²) in [5.74, 6) is 0. The van der Waals surface area contributed by atoms with Crippen LogP contribution < -0.4 is 5.56 Å². The largest absolute Gasteiger partial charge is 0.359 e. The first-order valence-corrected chi connectivity index (χ1v) is 12.7. The molecule has 0 amide bonds. The van der Waals surface area contributed by atoms with Crippen molar-refractivity contribution in [2.45, 2.75) is 56.9 Å². The van der Waals surface area contributed by atoms with Gasteiger partial charge in [-0.25, -0.2) is 13.1 Å². The predicted octanol–water partition coefficient (Wildman–Crippen LogP) is 4.14. The van der Waals surface area contributed by atoms with Crippen LogP contribution in [0.3, 0.4) is 0 Å². The highest BCUT2D eigenvalue weighted by atomic mass is 32.2. The van der Waals surface area contributed by atoms with Gasteiger partial charge >= 0.3 is 0 Å². The molecule has 0 saturated heterocycles. The van der Waals surface area contributed by atoms with Crippen molar-refractivity contribution >= 4 is 9.84 Å². The molecule has 0 spiro atoms. The zero-order chi connectivity index (χ0) is 25.0. The second-order valence-electron chi connectivity index (χ2n) is 8.32. The normalized spacial score (nSPS) is 11.7. The summed E-state index contributed by atoms with van der Waals surface area (Å²) in [6.45, 7) is 7.74. The van der Waals surface area contributed by atoms with E-state index in [0.29, 0.717) is 18.4 Å². The Bertz CT molecular complexity index is 1320. The van der Waals surface area contributed by atoms with Crippen LogP contribution >= 0.6 is 0 Å². The highest BCUT2D eigenvalue weighted by Crippen LogP contribution is 2.36. The zero-order valence-electron chi connectivity index (χ0n) is 20.6. The minimum Gasteiger partial charge on any atom is -0.359 e. The van der Waals surface area contributed by atoms with E-state index in [1.54, 1.807) is 24.3 Å². The molecule has 3 aromatic rings. The van der Waals surface area contributed by atoms with E-state index in [0.717, 1.165) is 22.3 Å². The third-order valence-corrected chi connectivity index (χ3v) is 7.64. The fraction of sp³-hybridized carbons (Fsp3) is 0.385. The second-order valence-corrected chi connectivity index (χ2v) is 10.2. The molecule has 182 valence electrons. The smallest absolute Gasteiger partial charge is 0.275 e. The lowest BCUT2D eigenvalue weighted by Gasteiger charge is -2.20. The summed E-state index contributed by atoms with van der Waals surface area (Å²) in [5.41, 5.74) is 4.35. The summed E-state index contributed by atoms with van der Waals surface area (Å²) in [7, 11) is -1.09. The van der Waals surface area contributed by atoms with Gasteiger partial charge in [0.15, 0.2) is 0 Å². The van der Waals surface area contributed by atoms with Crippen LogP contribution in [-0.2, 0) is 45.8 Å². The molecule has 0 radical (unpaired) electrons. The van der Waals surface area contributed by atoms with Crippen LogP contribution in [0.1, 0.15) is 41.8 Å². The van der Waals surface area contributed by atoms with Crippen molar-refractivity contribution in [3.8, 4) is 11.1 Å². The molecule has 0 fully saturated rings. The third-order valence-electron chi connectivity index (χ3n) is 5.77. The van der Waals surface area contributed by atoms with Crippen LogP contribution in [0.5, 0.6) is 0 Å². The number of hydrogen-bond donors (Lipinski definition) is 0. The van der Waals surface area contributed by atoms with Gasteiger partial charge in [0.05, 0.1) is 17.1 Å². The predicted molar refractivity (Wildman–Crippen MR) is 132 cm³/mol. The third kappa shape index (κ3) is 4.99. The van der Waals surface area contributed by atoms with Crippen LogP contribution in [-0.4, -0.2) is 32.1 Å². The topological polar surface area (TPSA) is 87.5 Å². The van der Waals surface area contributed by atoms with Gasteiger partial charge in [0.25, 0.3) is 5.56 Å². The fourth-order valence-electron chi connectivity index (χ4n) is 4.16. The second kappa shape index (κ2) is 10.6. The molecule has 8 heteroatoms. The van der Waals surface area contributed by atoms with Gasteiger partial charge in [-0.3, -0.25) is 4.79 Å². The molecule has 0 aliphatic heterocycles. The van der Waals surface area contributed by atoms with E-state index in [1.807, 2.05) is 39.8 Å². The van der Waals surface area contributed by atoms with Gasteiger partial charge in [0.1, 0.15) is 17.4 Å². The first-order chi connectivity index (χ1) is 16.1. The minimum atomic E-state index is -4.10. The highest BCUT2D eigenvalue weighted by molar-refractivity contribution is 7.91. The summed E-state index contributed by atoms with van der Waals surface area (Å²) in [6, 6.07) is 10.6. The molecular formula is C26H32N2O5S.